The van der Waals surface area contributed by atoms with Crippen molar-refractivity contribution in [2.45, 2.75) is 70.5 Å². The molecule has 7 N–H and O–H groups in total. The van der Waals surface area contributed by atoms with E-state index in [0.29, 0.717) is 6.42 Å². The van der Waals surface area contributed by atoms with Crippen molar-refractivity contribution in [3.63, 3.8) is 0 Å². The Bertz CT molecular complexity index is 1610. The highest BCUT2D eigenvalue weighted by molar-refractivity contribution is 7.66. The van der Waals surface area contributed by atoms with Gasteiger partial charge in [0.15, 0.2) is 17.0 Å². The summed E-state index contributed by atoms with van der Waals surface area (Å²) in [6, 6.07) is 0. The van der Waals surface area contributed by atoms with Gasteiger partial charge >= 0.3 is 35.5 Å². The van der Waals surface area contributed by atoms with Gasteiger partial charge in [0, 0.05) is 19.4 Å². The van der Waals surface area contributed by atoms with Crippen LogP contribution in [0.5, 0.6) is 0 Å². The summed E-state index contributed by atoms with van der Waals surface area (Å²) in [5.41, 5.74) is -0.388. The molecular weight excluding hydrogens is 713 g/mol. The number of ether oxygens (including phenoxy) is 3. The highest BCUT2D eigenvalue weighted by Gasteiger charge is 2.43. The van der Waals surface area contributed by atoms with E-state index in [0.717, 1.165) is 6.33 Å². The number of aliphatic hydroxyl groups excluding tert-OH is 1. The number of amides is 2. The maximum Gasteiger partial charge on any atom is 0.490 e. The molecule has 3 unspecified atom stereocenters. The maximum absolute atomic E-state index is 12.5. The van der Waals surface area contributed by atoms with Crippen LogP contribution >= 0.6 is 23.5 Å². The van der Waals surface area contributed by atoms with Gasteiger partial charge in [0.2, 0.25) is 5.91 Å². The Morgan fingerprint density at radius 3 is 2.42 bits per heavy atom. The van der Waals surface area contributed by atoms with Gasteiger partial charge in [0.1, 0.15) is 24.3 Å². The number of rotatable bonds is 16. The van der Waals surface area contributed by atoms with Crippen LogP contribution in [0.4, 0.5) is 10.6 Å². The molecule has 26 heteroatoms. The number of carbonyl (C=O) groups is 3. The summed E-state index contributed by atoms with van der Waals surface area (Å²) in [4.78, 5) is 84.5. The van der Waals surface area contributed by atoms with Gasteiger partial charge in [-0.05, 0) is 27.2 Å². The molecule has 1 saturated heterocycles. The van der Waals surface area contributed by atoms with Crippen molar-refractivity contribution in [3.8, 4) is 0 Å². The zero-order chi connectivity index (χ0) is 35.9. The Morgan fingerprint density at radius 2 is 1.75 bits per heavy atom. The molecule has 270 valence electrons. The van der Waals surface area contributed by atoms with E-state index in [1.165, 1.54) is 10.9 Å². The van der Waals surface area contributed by atoms with Gasteiger partial charge in [0.25, 0.3) is 0 Å². The molecule has 0 aromatic carbocycles. The lowest BCUT2D eigenvalue weighted by atomic mass is 10.2. The molecule has 5 atom stereocenters. The van der Waals surface area contributed by atoms with Crippen LogP contribution in [0.15, 0.2) is 12.7 Å². The zero-order valence-electron chi connectivity index (χ0n) is 25.6. The van der Waals surface area contributed by atoms with Gasteiger partial charge < -0.3 is 49.5 Å². The van der Waals surface area contributed by atoms with Crippen LogP contribution in [0.1, 0.15) is 52.7 Å². The van der Waals surface area contributed by atoms with Crippen LogP contribution in [0.3, 0.4) is 0 Å². The maximum atomic E-state index is 12.5. The number of imidazole rings is 1. The first kappa shape index (κ1) is 39.5. The second kappa shape index (κ2) is 16.2. The van der Waals surface area contributed by atoms with E-state index in [1.807, 2.05) is 0 Å². The predicted molar refractivity (Wildman–Crippen MR) is 157 cm³/mol. The molecule has 1 aliphatic rings. The van der Waals surface area contributed by atoms with Gasteiger partial charge in [-0.15, -0.1) is 0 Å². The number of nitrogens with one attached hydrogen (secondary N) is 2. The third-order valence-electron chi connectivity index (χ3n) is 5.76. The van der Waals surface area contributed by atoms with E-state index < -0.39 is 72.1 Å². The average Bonchev–Trinajstić information content (AvgIpc) is 3.51. The number of fused-ring (bicyclic) bond motifs is 1. The van der Waals surface area contributed by atoms with E-state index >= 15 is 0 Å². The fraction of sp³-hybridized carbons (Fsp3) is 0.636. The Balaban J connectivity index is 1.48. The first-order valence-electron chi connectivity index (χ1n) is 13.8. The molecule has 0 bridgehead atoms. The van der Waals surface area contributed by atoms with Crippen LogP contribution in [0.25, 0.3) is 11.2 Å². The molecule has 0 saturated carbocycles. The third-order valence-corrected chi connectivity index (χ3v) is 9.56. The second-order valence-corrected chi connectivity index (χ2v) is 15.3. The Kier molecular flexibility index (Phi) is 13.3. The first-order chi connectivity index (χ1) is 22.1. The van der Waals surface area contributed by atoms with Gasteiger partial charge in [-0.25, -0.2) is 33.4 Å². The number of aromatic nitrogens is 4. The van der Waals surface area contributed by atoms with Crippen LogP contribution in [-0.2, 0) is 50.6 Å². The highest BCUT2D eigenvalue weighted by atomic mass is 31.3. The Hall–Kier alpha value is -2.91. The number of aliphatic hydroxyl groups is 1. The lowest BCUT2D eigenvalue weighted by Crippen LogP contribution is -2.33. The minimum absolute atomic E-state index is 0.00640. The number of phosphoric ester groups is 1. The fourth-order valence-electron chi connectivity index (χ4n) is 3.91. The molecule has 3 rings (SSSR count). The lowest BCUT2D eigenvalue weighted by molar-refractivity contribution is -0.144. The minimum atomic E-state index is -5.73. The van der Waals surface area contributed by atoms with E-state index in [4.69, 9.17) is 24.0 Å². The molecule has 2 aromatic rings. The van der Waals surface area contributed by atoms with Gasteiger partial charge in [-0.2, -0.15) is 8.62 Å². The topological polar surface area (TPSA) is 327 Å². The van der Waals surface area contributed by atoms with Crippen molar-refractivity contribution in [2.24, 2.45) is 0 Å². The van der Waals surface area contributed by atoms with Crippen molar-refractivity contribution in [3.05, 3.63) is 12.7 Å². The summed E-state index contributed by atoms with van der Waals surface area (Å²) in [5, 5.41) is 15.4. The van der Waals surface area contributed by atoms with E-state index in [-0.39, 0.29) is 49.4 Å². The van der Waals surface area contributed by atoms with E-state index in [2.05, 4.69) is 38.7 Å². The fourth-order valence-corrected chi connectivity index (χ4v) is 6.94. The largest absolute Gasteiger partial charge is 0.490 e. The molecule has 1 aliphatic heterocycles. The van der Waals surface area contributed by atoms with Crippen molar-refractivity contribution >= 4 is 58.4 Å². The quantitative estimate of drug-likeness (QED) is 0.0715. The number of nitrogens with zero attached hydrogens (tertiary/aromatic N) is 4. The second-order valence-electron chi connectivity index (χ2n) is 10.9. The number of phosphoric acid groups is 3. The Labute approximate surface area is 271 Å². The standard InChI is InChI=1S/C22H35N6O17P3/c1-22(2,3)43-21(32)23-7-4-8-40-17(31)6-5-15(30)27-19-18-20(25-11-24-19)28(12-26-18)16-9-13(29)14(42-16)10-41-47(36,37)45-48(38,39)44-46(33,34)35/h11-14,16,29H,4-10H2,1-3H3,(H,23,32)(H,36,37)(H,38,39)(H2,33,34,35)(H,24,25,27,30)/t13-,14?,16-/m1/s1. The van der Waals surface area contributed by atoms with Crippen molar-refractivity contribution < 1.29 is 80.1 Å². The number of alkyl carbamates (subject to hydrolysis) is 1. The van der Waals surface area contributed by atoms with Gasteiger partial charge in [-0.3, -0.25) is 18.7 Å². The average molecular weight is 748 g/mol. The normalized spacial score (nSPS) is 20.9. The van der Waals surface area contributed by atoms with E-state index in [1.54, 1.807) is 20.8 Å². The van der Waals surface area contributed by atoms with Crippen LogP contribution < -0.4 is 10.6 Å². The molecule has 2 aromatic heterocycles. The number of esters is 1. The molecular formula is C22H35N6O17P3. The minimum Gasteiger partial charge on any atom is -0.466 e. The summed E-state index contributed by atoms with van der Waals surface area (Å²) < 4.78 is 63.2. The summed E-state index contributed by atoms with van der Waals surface area (Å²) in [5.74, 6) is -1.24. The number of hydrogen-bond donors (Lipinski definition) is 7. The van der Waals surface area contributed by atoms with Crippen LogP contribution in [0.2, 0.25) is 0 Å². The molecule has 1 fully saturated rings. The molecule has 3 heterocycles. The van der Waals surface area contributed by atoms with Crippen molar-refractivity contribution in [1.29, 1.82) is 0 Å². The van der Waals surface area contributed by atoms with Gasteiger partial charge in [-0.1, -0.05) is 0 Å². The third kappa shape index (κ3) is 13.2. The number of carbonyl (C=O) groups excluding carboxylic acids is 3. The lowest BCUT2D eigenvalue weighted by Gasteiger charge is -2.19. The predicted octanol–water partition coefficient (Wildman–Crippen LogP) is 0.995. The first-order valence-corrected chi connectivity index (χ1v) is 18.4. The molecule has 48 heavy (non-hydrogen) atoms. The molecule has 2 amide bonds. The zero-order valence-corrected chi connectivity index (χ0v) is 28.3. The van der Waals surface area contributed by atoms with Crippen molar-refractivity contribution in [2.75, 3.05) is 25.1 Å². The summed E-state index contributed by atoms with van der Waals surface area (Å²) in [7, 11) is -16.8. The smallest absolute Gasteiger partial charge is 0.466 e. The van der Waals surface area contributed by atoms with Crippen LogP contribution in [-0.4, -0.2) is 99.7 Å². The van der Waals surface area contributed by atoms with E-state index in [9.17, 15) is 43.0 Å². The summed E-state index contributed by atoms with van der Waals surface area (Å²) in [6.45, 7) is 4.52. The summed E-state index contributed by atoms with van der Waals surface area (Å²) >= 11 is 0. The SMILES string of the molecule is CC(C)(C)OC(=O)NCCCOC(=O)CCC(=O)Nc1ncnc2c1ncn2[C@H]1C[C@@H](O)C(COP(=O)(O)OP(=O)(O)OP(=O)(O)O)O1. The van der Waals surface area contributed by atoms with Gasteiger partial charge in [0.05, 0.1) is 32.1 Å². The van der Waals surface area contributed by atoms with Crippen LogP contribution in [0, 0.1) is 0 Å². The van der Waals surface area contributed by atoms with Crippen molar-refractivity contribution in [1.82, 2.24) is 24.8 Å². The monoisotopic (exact) mass is 748 g/mol. The molecule has 23 nitrogen and oxygen atoms in total. The Morgan fingerprint density at radius 1 is 1.04 bits per heavy atom. The number of hydrogen-bond acceptors (Lipinski definition) is 16. The number of anilines is 1. The summed E-state index contributed by atoms with van der Waals surface area (Å²) in [6.07, 6.45) is -2.14. The molecule has 0 aliphatic carbocycles. The highest BCUT2D eigenvalue weighted by Crippen LogP contribution is 2.66. The molecule has 0 spiro atoms. The molecule has 0 radical (unpaired) electrons.